The molecule has 64 heavy (non-hydrogen) atoms. The molecule has 368 valence electrons. The highest BCUT2D eigenvalue weighted by Crippen LogP contribution is 2.43. The lowest BCUT2D eigenvalue weighted by Crippen LogP contribution is -2.30. The van der Waals surface area contributed by atoms with E-state index < -0.39 is 57.8 Å². The molecule has 3 unspecified atom stereocenters. The highest BCUT2D eigenvalue weighted by Gasteiger charge is 2.28. The third kappa shape index (κ3) is 44.1. The summed E-state index contributed by atoms with van der Waals surface area (Å²) in [6, 6.07) is 0. The number of carbonyl (C=O) groups is 3. The highest BCUT2D eigenvalue weighted by atomic mass is 31.2. The number of phosphoric ester groups is 1. The van der Waals surface area contributed by atoms with Crippen molar-refractivity contribution >= 4 is 25.7 Å². The van der Waals surface area contributed by atoms with Crippen LogP contribution in [-0.2, 0) is 42.2 Å². The predicted molar refractivity (Wildman–Crippen MR) is 261 cm³/mol. The van der Waals surface area contributed by atoms with Crippen LogP contribution in [0.25, 0.3) is 0 Å². The van der Waals surface area contributed by atoms with Gasteiger partial charge in [0.05, 0.1) is 26.2 Å². The number of aliphatic hydroxyl groups excluding tert-OH is 1. The predicted octanol–water partition coefficient (Wildman–Crippen LogP) is 13.8. The van der Waals surface area contributed by atoms with E-state index in [1.165, 1.54) is 57.8 Å². The molecule has 0 saturated carbocycles. The lowest BCUT2D eigenvalue weighted by Gasteiger charge is -2.21. The summed E-state index contributed by atoms with van der Waals surface area (Å²) >= 11 is 0. The second kappa shape index (κ2) is 46.4. The first kappa shape index (κ1) is 60.9. The molecule has 0 spiro atoms. The summed E-state index contributed by atoms with van der Waals surface area (Å²) < 4.78 is 39.1. The maximum atomic E-state index is 12.8. The third-order valence-electron chi connectivity index (χ3n) is 10.1. The molecule has 12 heteroatoms. The van der Waals surface area contributed by atoms with Gasteiger partial charge in [-0.1, -0.05) is 184 Å². The van der Waals surface area contributed by atoms with Crippen molar-refractivity contribution in [2.24, 2.45) is 0 Å². The van der Waals surface area contributed by atoms with Gasteiger partial charge in [-0.3, -0.25) is 23.4 Å². The molecule has 3 atom stereocenters. The zero-order chi connectivity index (χ0) is 47.0. The standard InChI is InChI=1S/C52H89O11P/c1-4-7-10-13-16-19-21-23-24-26-28-31-34-37-40-43-52(56)63-49(45-59-50(54)41-38-35-32-30-27-25-22-20-17-14-11-8-5-2)47-61-64(57,58)60-46-48(44-53)62-51(55)42-39-36-33-29-18-15-12-9-6-3/h7,10,16,19-20,22-24,28,31,37,40,48-49,53H,4-6,8-9,11-15,17-18,21,25-27,29-30,32-36,38-39,41-47H2,1-3H3,(H,57,58)/b10-7-,19-16-,22-20-,24-23-,31-28-,40-37-. The molecule has 0 saturated heterocycles. The van der Waals surface area contributed by atoms with Crippen molar-refractivity contribution in [3.63, 3.8) is 0 Å². The smallest absolute Gasteiger partial charge is 0.462 e. The number of carbonyl (C=O) groups excluding carboxylic acids is 3. The van der Waals surface area contributed by atoms with Crippen molar-refractivity contribution in [2.45, 2.75) is 213 Å². The van der Waals surface area contributed by atoms with Gasteiger partial charge in [-0.2, -0.15) is 0 Å². The quantitative estimate of drug-likeness (QED) is 0.0197. The minimum absolute atomic E-state index is 0.0669. The Labute approximate surface area is 388 Å². The van der Waals surface area contributed by atoms with Gasteiger partial charge in [-0.15, -0.1) is 0 Å². The van der Waals surface area contributed by atoms with E-state index in [0.29, 0.717) is 19.3 Å². The van der Waals surface area contributed by atoms with Gasteiger partial charge in [0.25, 0.3) is 0 Å². The monoisotopic (exact) mass is 921 g/mol. The van der Waals surface area contributed by atoms with Crippen molar-refractivity contribution in [3.05, 3.63) is 72.9 Å². The van der Waals surface area contributed by atoms with Gasteiger partial charge in [0.2, 0.25) is 0 Å². The Morgan fingerprint density at radius 1 is 0.469 bits per heavy atom. The Kier molecular flexibility index (Phi) is 44.2. The second-order valence-corrected chi connectivity index (χ2v) is 17.7. The molecular formula is C52H89O11P. The molecule has 0 aliphatic heterocycles. The molecule has 0 aromatic heterocycles. The molecule has 0 bridgehead atoms. The number of hydrogen-bond acceptors (Lipinski definition) is 10. The van der Waals surface area contributed by atoms with E-state index in [-0.39, 0.29) is 25.9 Å². The van der Waals surface area contributed by atoms with Crippen LogP contribution in [0.2, 0.25) is 0 Å². The number of ether oxygens (including phenoxy) is 3. The molecule has 0 amide bonds. The largest absolute Gasteiger partial charge is 0.472 e. The summed E-state index contributed by atoms with van der Waals surface area (Å²) in [5.74, 6) is -1.63. The van der Waals surface area contributed by atoms with Gasteiger partial charge in [0.1, 0.15) is 12.7 Å². The van der Waals surface area contributed by atoms with Crippen molar-refractivity contribution in [1.29, 1.82) is 0 Å². The number of esters is 3. The molecule has 0 rings (SSSR count). The van der Waals surface area contributed by atoms with Gasteiger partial charge < -0.3 is 24.2 Å². The fourth-order valence-electron chi connectivity index (χ4n) is 6.37. The van der Waals surface area contributed by atoms with Crippen molar-refractivity contribution in [1.82, 2.24) is 0 Å². The zero-order valence-corrected chi connectivity index (χ0v) is 41.1. The molecule has 0 aliphatic rings. The van der Waals surface area contributed by atoms with Crippen molar-refractivity contribution in [3.8, 4) is 0 Å². The van der Waals surface area contributed by atoms with Crippen LogP contribution in [0.5, 0.6) is 0 Å². The summed E-state index contributed by atoms with van der Waals surface area (Å²) in [6.45, 7) is 4.34. The maximum absolute atomic E-state index is 12.8. The molecule has 0 aromatic rings. The van der Waals surface area contributed by atoms with Crippen LogP contribution in [0, 0.1) is 0 Å². The number of phosphoric acid groups is 1. The summed E-state index contributed by atoms with van der Waals surface area (Å²) in [6.07, 6.45) is 49.1. The van der Waals surface area contributed by atoms with E-state index in [2.05, 4.69) is 69.4 Å². The Morgan fingerprint density at radius 2 is 0.875 bits per heavy atom. The van der Waals surface area contributed by atoms with Gasteiger partial charge in [0.15, 0.2) is 6.10 Å². The Morgan fingerprint density at radius 3 is 1.38 bits per heavy atom. The van der Waals surface area contributed by atoms with Gasteiger partial charge in [-0.05, 0) is 70.6 Å². The van der Waals surface area contributed by atoms with Crippen LogP contribution in [0.3, 0.4) is 0 Å². The molecule has 0 radical (unpaired) electrons. The molecule has 0 heterocycles. The minimum Gasteiger partial charge on any atom is -0.462 e. The van der Waals surface area contributed by atoms with E-state index in [9.17, 15) is 28.9 Å². The Balaban J connectivity index is 4.90. The number of allylic oxidation sites excluding steroid dienone is 11. The lowest BCUT2D eigenvalue weighted by atomic mass is 10.1. The average molecular weight is 921 g/mol. The first-order valence-electron chi connectivity index (χ1n) is 24.8. The molecule has 2 N–H and O–H groups in total. The van der Waals surface area contributed by atoms with Crippen LogP contribution in [0.4, 0.5) is 0 Å². The molecule has 0 aliphatic carbocycles. The first-order valence-corrected chi connectivity index (χ1v) is 26.3. The maximum Gasteiger partial charge on any atom is 0.472 e. The topological polar surface area (TPSA) is 155 Å². The number of aliphatic hydroxyl groups is 1. The fraction of sp³-hybridized carbons (Fsp3) is 0.712. The first-order chi connectivity index (χ1) is 31.2. The van der Waals surface area contributed by atoms with E-state index in [4.69, 9.17) is 23.3 Å². The Hall–Kier alpha value is -3.08. The number of rotatable bonds is 45. The normalized spacial score (nSPS) is 14.1. The summed E-state index contributed by atoms with van der Waals surface area (Å²) in [4.78, 5) is 48.1. The van der Waals surface area contributed by atoms with E-state index in [1.807, 2.05) is 18.2 Å². The lowest BCUT2D eigenvalue weighted by molar-refractivity contribution is -0.160. The van der Waals surface area contributed by atoms with Crippen molar-refractivity contribution < 1.29 is 52.2 Å². The fourth-order valence-corrected chi connectivity index (χ4v) is 7.15. The molecule has 0 aromatic carbocycles. The molecule has 0 fully saturated rings. The number of hydrogen-bond donors (Lipinski definition) is 2. The minimum atomic E-state index is -4.76. The highest BCUT2D eigenvalue weighted by molar-refractivity contribution is 7.47. The van der Waals surface area contributed by atoms with Crippen LogP contribution < -0.4 is 0 Å². The zero-order valence-electron chi connectivity index (χ0n) is 40.2. The van der Waals surface area contributed by atoms with E-state index in [0.717, 1.165) is 83.5 Å². The Bertz CT molecular complexity index is 1350. The van der Waals surface area contributed by atoms with Crippen LogP contribution in [0.15, 0.2) is 72.9 Å². The van der Waals surface area contributed by atoms with Crippen LogP contribution >= 0.6 is 7.82 Å². The average Bonchev–Trinajstić information content (AvgIpc) is 3.28. The van der Waals surface area contributed by atoms with E-state index in [1.54, 1.807) is 6.08 Å². The van der Waals surface area contributed by atoms with Gasteiger partial charge in [-0.25, -0.2) is 4.57 Å². The summed E-state index contributed by atoms with van der Waals surface area (Å²) in [5, 5.41) is 9.72. The molecule has 11 nitrogen and oxygen atoms in total. The summed E-state index contributed by atoms with van der Waals surface area (Å²) in [5.41, 5.74) is 0. The van der Waals surface area contributed by atoms with Gasteiger partial charge in [0, 0.05) is 12.8 Å². The molecular weight excluding hydrogens is 832 g/mol. The van der Waals surface area contributed by atoms with Gasteiger partial charge >= 0.3 is 25.7 Å². The van der Waals surface area contributed by atoms with E-state index >= 15 is 0 Å². The third-order valence-corrected chi connectivity index (χ3v) is 11.1. The number of unbranched alkanes of at least 4 members (excludes halogenated alkanes) is 17. The SMILES string of the molecule is CC/C=C\C/C=C\C/C=C\C/C=C\C/C=C\CC(=O)OC(COC(=O)CCCCCCC/C=C\CCCCCC)COP(=O)(O)OCC(CO)OC(=O)CCCCCCCCCCC. The van der Waals surface area contributed by atoms with Crippen molar-refractivity contribution in [2.75, 3.05) is 26.4 Å². The summed E-state index contributed by atoms with van der Waals surface area (Å²) in [7, 11) is -4.76. The van der Waals surface area contributed by atoms with Crippen LogP contribution in [-0.4, -0.2) is 66.5 Å². The van der Waals surface area contributed by atoms with Crippen LogP contribution in [0.1, 0.15) is 201 Å². The second-order valence-electron chi connectivity index (χ2n) is 16.3.